The lowest BCUT2D eigenvalue weighted by molar-refractivity contribution is -0.153. The summed E-state index contributed by atoms with van der Waals surface area (Å²) in [6.07, 6.45) is 0.412. The summed E-state index contributed by atoms with van der Waals surface area (Å²) in [6, 6.07) is 7.87. The minimum atomic E-state index is -1.26. The van der Waals surface area contributed by atoms with Crippen molar-refractivity contribution in [3.05, 3.63) is 69.5 Å². The number of benzene rings is 1. The molecule has 1 aliphatic rings. The SMILES string of the molecule is Cc1cc(Nc2cc(CCO)c(F)c(C[C@@]3(C(=O)O)CCN(Cc4cccc(Cl)c4F)[C@H](C)C3)n2)n[nH]1. The molecule has 1 fully saturated rings. The summed E-state index contributed by atoms with van der Waals surface area (Å²) in [5.41, 5.74) is 0.267. The fraction of sp³-hybridized carbons (Fsp3) is 0.423. The summed E-state index contributed by atoms with van der Waals surface area (Å²) in [5, 5.41) is 29.7. The van der Waals surface area contributed by atoms with Gasteiger partial charge in [0.2, 0.25) is 0 Å². The molecule has 11 heteroatoms. The second kappa shape index (κ2) is 11.1. The zero-order valence-electron chi connectivity index (χ0n) is 20.7. The quantitative estimate of drug-likeness (QED) is 0.317. The smallest absolute Gasteiger partial charge is 0.310 e. The second-order valence-electron chi connectivity index (χ2n) is 9.71. The van der Waals surface area contributed by atoms with Crippen LogP contribution in [0.1, 0.15) is 42.3 Å². The number of halogens is 3. The Balaban J connectivity index is 1.59. The monoisotopic (exact) mass is 533 g/mol. The number of H-pyrrole nitrogens is 1. The third-order valence-corrected chi connectivity index (χ3v) is 7.29. The van der Waals surface area contributed by atoms with E-state index in [2.05, 4.69) is 20.5 Å². The maximum atomic E-state index is 15.4. The predicted octanol–water partition coefficient (Wildman–Crippen LogP) is 4.62. The van der Waals surface area contributed by atoms with Crippen molar-refractivity contribution in [2.75, 3.05) is 18.5 Å². The van der Waals surface area contributed by atoms with Gasteiger partial charge in [-0.1, -0.05) is 23.7 Å². The van der Waals surface area contributed by atoms with Crippen LogP contribution in [-0.4, -0.2) is 55.5 Å². The van der Waals surface area contributed by atoms with E-state index in [0.717, 1.165) is 5.69 Å². The lowest BCUT2D eigenvalue weighted by Gasteiger charge is -2.43. The number of anilines is 2. The molecule has 37 heavy (non-hydrogen) atoms. The molecule has 0 spiro atoms. The van der Waals surface area contributed by atoms with Gasteiger partial charge < -0.3 is 15.5 Å². The number of likely N-dealkylation sites (tertiary alicyclic amines) is 1. The molecule has 0 radical (unpaired) electrons. The van der Waals surface area contributed by atoms with Gasteiger partial charge in [0.25, 0.3) is 0 Å². The van der Waals surface area contributed by atoms with Crippen LogP contribution >= 0.6 is 11.6 Å². The van der Waals surface area contributed by atoms with Crippen molar-refractivity contribution >= 4 is 29.2 Å². The van der Waals surface area contributed by atoms with E-state index in [0.29, 0.717) is 30.3 Å². The van der Waals surface area contributed by atoms with Crippen molar-refractivity contribution in [3.63, 3.8) is 0 Å². The number of rotatable bonds is 9. The summed E-state index contributed by atoms with van der Waals surface area (Å²) in [6.45, 7) is 4.13. The topological polar surface area (TPSA) is 114 Å². The largest absolute Gasteiger partial charge is 0.481 e. The van der Waals surface area contributed by atoms with Crippen molar-refractivity contribution in [3.8, 4) is 0 Å². The fourth-order valence-electron chi connectivity index (χ4n) is 4.99. The molecule has 1 saturated heterocycles. The number of aliphatic hydroxyl groups excluding tert-OH is 1. The van der Waals surface area contributed by atoms with Crippen LogP contribution in [0.3, 0.4) is 0 Å². The summed E-state index contributed by atoms with van der Waals surface area (Å²) in [4.78, 5) is 19.0. The summed E-state index contributed by atoms with van der Waals surface area (Å²) in [5.74, 6) is -1.33. The lowest BCUT2D eigenvalue weighted by atomic mass is 9.72. The number of carboxylic acid groups (broad SMARTS) is 1. The van der Waals surface area contributed by atoms with Gasteiger partial charge in [-0.3, -0.25) is 14.8 Å². The standard InChI is InChI=1S/C26H30ClF2N5O3/c1-15-10-22(33-32-15)31-21-11-17(6-9-35)24(29)20(30-21)13-26(25(36)37)7-8-34(16(2)12-26)14-18-4-3-5-19(27)23(18)28/h3-5,10-11,16,35H,6-9,12-14H2,1-2H3,(H,36,37)(H2,30,31,32,33)/t16-,26-/m1/s1. The van der Waals surface area contributed by atoms with Gasteiger partial charge >= 0.3 is 5.97 Å². The Kier molecular flexibility index (Phi) is 8.11. The molecule has 8 nitrogen and oxygen atoms in total. The average Bonchev–Trinajstić information content (AvgIpc) is 3.25. The fourth-order valence-corrected chi connectivity index (χ4v) is 5.18. The number of aliphatic carboxylic acids is 1. The Morgan fingerprint density at radius 2 is 2.05 bits per heavy atom. The van der Waals surface area contributed by atoms with Crippen LogP contribution in [-0.2, 0) is 24.2 Å². The van der Waals surface area contributed by atoms with Gasteiger partial charge in [0.1, 0.15) is 17.5 Å². The molecule has 3 aromatic rings. The van der Waals surface area contributed by atoms with Crippen LogP contribution in [0.2, 0.25) is 5.02 Å². The number of carbonyl (C=O) groups is 1. The molecule has 2 aromatic heterocycles. The zero-order valence-corrected chi connectivity index (χ0v) is 21.4. The number of hydrogen-bond donors (Lipinski definition) is 4. The van der Waals surface area contributed by atoms with Crippen molar-refractivity contribution < 1.29 is 23.8 Å². The van der Waals surface area contributed by atoms with E-state index in [1.54, 1.807) is 18.2 Å². The van der Waals surface area contributed by atoms with E-state index < -0.39 is 23.0 Å². The van der Waals surface area contributed by atoms with Gasteiger partial charge in [0, 0.05) is 42.9 Å². The highest BCUT2D eigenvalue weighted by atomic mass is 35.5. The molecule has 0 aliphatic carbocycles. The Hall–Kier alpha value is -3.08. The van der Waals surface area contributed by atoms with Crippen LogP contribution in [0.5, 0.6) is 0 Å². The van der Waals surface area contributed by atoms with E-state index in [9.17, 15) is 19.4 Å². The van der Waals surface area contributed by atoms with Crippen molar-refractivity contribution in [1.29, 1.82) is 0 Å². The maximum absolute atomic E-state index is 15.4. The molecule has 4 N–H and O–H groups in total. The van der Waals surface area contributed by atoms with Crippen molar-refractivity contribution in [2.45, 2.75) is 52.1 Å². The highest BCUT2D eigenvalue weighted by Gasteiger charge is 2.45. The summed E-state index contributed by atoms with van der Waals surface area (Å²) in [7, 11) is 0. The molecule has 3 heterocycles. The first kappa shape index (κ1) is 27.0. The van der Waals surface area contributed by atoms with Gasteiger partial charge in [-0.25, -0.2) is 13.8 Å². The molecule has 0 unspecified atom stereocenters. The van der Waals surface area contributed by atoms with Crippen LogP contribution in [0.4, 0.5) is 20.4 Å². The Bertz CT molecular complexity index is 1290. The van der Waals surface area contributed by atoms with Gasteiger partial charge in [-0.2, -0.15) is 5.10 Å². The van der Waals surface area contributed by atoms with E-state index in [1.165, 1.54) is 12.1 Å². The number of nitrogens with one attached hydrogen (secondary N) is 2. The molecule has 0 amide bonds. The van der Waals surface area contributed by atoms with Gasteiger partial charge in [-0.15, -0.1) is 0 Å². The molecule has 1 aromatic carbocycles. The molecule has 4 rings (SSSR count). The van der Waals surface area contributed by atoms with E-state index in [4.69, 9.17) is 11.6 Å². The number of aromatic nitrogens is 3. The molecule has 1 aliphatic heterocycles. The van der Waals surface area contributed by atoms with Crippen LogP contribution in [0.25, 0.3) is 0 Å². The van der Waals surface area contributed by atoms with E-state index in [1.807, 2.05) is 18.7 Å². The molecular weight excluding hydrogens is 504 g/mol. The van der Waals surface area contributed by atoms with Gasteiger partial charge in [-0.05, 0) is 57.4 Å². The average molecular weight is 534 g/mol. The highest BCUT2D eigenvalue weighted by Crippen LogP contribution is 2.40. The molecule has 0 saturated carbocycles. The van der Waals surface area contributed by atoms with Crippen LogP contribution in [0.15, 0.2) is 30.3 Å². The number of nitrogens with zero attached hydrogens (tertiary/aromatic N) is 3. The Morgan fingerprint density at radius 1 is 1.27 bits per heavy atom. The number of carboxylic acids is 1. The third-order valence-electron chi connectivity index (χ3n) is 7.00. The number of aliphatic hydroxyl groups is 1. The molecule has 198 valence electrons. The van der Waals surface area contributed by atoms with Gasteiger partial charge in [0.05, 0.1) is 16.1 Å². The Labute approximate surface area is 218 Å². The van der Waals surface area contributed by atoms with Gasteiger partial charge in [0.15, 0.2) is 5.82 Å². The summed E-state index contributed by atoms with van der Waals surface area (Å²) < 4.78 is 29.9. The first-order valence-electron chi connectivity index (χ1n) is 12.1. The number of aryl methyl sites for hydroxylation is 1. The van der Waals surface area contributed by atoms with Crippen molar-refractivity contribution in [2.24, 2.45) is 5.41 Å². The molecular formula is C26H30ClF2N5O3. The first-order chi connectivity index (χ1) is 17.6. The van der Waals surface area contributed by atoms with E-state index in [-0.39, 0.29) is 54.6 Å². The number of pyridine rings is 1. The Morgan fingerprint density at radius 3 is 2.70 bits per heavy atom. The molecule has 0 bridgehead atoms. The lowest BCUT2D eigenvalue weighted by Crippen LogP contribution is -2.50. The highest BCUT2D eigenvalue weighted by molar-refractivity contribution is 6.30. The predicted molar refractivity (Wildman–Crippen MR) is 136 cm³/mol. The zero-order chi connectivity index (χ0) is 26.7. The second-order valence-corrected chi connectivity index (χ2v) is 10.1. The third kappa shape index (κ3) is 5.92. The summed E-state index contributed by atoms with van der Waals surface area (Å²) >= 11 is 5.92. The number of aromatic amines is 1. The van der Waals surface area contributed by atoms with Crippen LogP contribution in [0, 0.1) is 24.0 Å². The number of piperidine rings is 1. The normalized spacial score (nSPS) is 20.2. The van der Waals surface area contributed by atoms with Crippen LogP contribution < -0.4 is 5.32 Å². The minimum absolute atomic E-state index is 0.0182. The number of hydrogen-bond acceptors (Lipinski definition) is 6. The first-order valence-corrected chi connectivity index (χ1v) is 12.5. The van der Waals surface area contributed by atoms with Crippen molar-refractivity contribution in [1.82, 2.24) is 20.1 Å². The van der Waals surface area contributed by atoms with E-state index >= 15 is 4.39 Å². The maximum Gasteiger partial charge on any atom is 0.310 e. The minimum Gasteiger partial charge on any atom is -0.481 e. The molecule has 2 atom stereocenters.